The molecule has 1 aromatic heterocycles. The molecule has 0 radical (unpaired) electrons. The fraction of sp³-hybridized carbons (Fsp3) is 0.158. The zero-order valence-corrected chi connectivity index (χ0v) is 18.4. The average molecular weight is 484 g/mol. The van der Waals surface area contributed by atoms with E-state index >= 15 is 0 Å². The summed E-state index contributed by atoms with van der Waals surface area (Å²) in [6.07, 6.45) is 1.28. The molecule has 7 nitrogen and oxygen atoms in total. The lowest BCUT2D eigenvalue weighted by atomic mass is 10.3. The van der Waals surface area contributed by atoms with Gasteiger partial charge in [0.15, 0.2) is 11.2 Å². The Labute approximate surface area is 187 Å². The number of nitrogens with zero attached hydrogens (tertiary/aromatic N) is 2. The minimum absolute atomic E-state index is 0.0756. The van der Waals surface area contributed by atoms with Crippen molar-refractivity contribution in [2.75, 3.05) is 16.2 Å². The third-order valence-corrected chi connectivity index (χ3v) is 7.43. The molecule has 1 amide bonds. The van der Waals surface area contributed by atoms with E-state index in [-0.39, 0.29) is 21.0 Å². The number of halogens is 2. The van der Waals surface area contributed by atoms with Crippen molar-refractivity contribution in [3.63, 3.8) is 0 Å². The SMILES string of the molecule is O=C1[C@H](Oc2cccc(Cl)c2Cl)CCN1c1ccc(S(=O)(=O)Nc2nccs2)cc1. The van der Waals surface area contributed by atoms with Gasteiger partial charge in [0.1, 0.15) is 10.8 Å². The predicted molar refractivity (Wildman–Crippen MR) is 117 cm³/mol. The fourth-order valence-corrected chi connectivity index (χ4v) is 5.13. The van der Waals surface area contributed by atoms with Crippen molar-refractivity contribution in [2.45, 2.75) is 17.4 Å². The summed E-state index contributed by atoms with van der Waals surface area (Å²) in [6, 6.07) is 11.0. The van der Waals surface area contributed by atoms with E-state index in [0.29, 0.717) is 29.4 Å². The molecule has 4 rings (SSSR count). The molecule has 1 saturated heterocycles. The van der Waals surface area contributed by atoms with Crippen molar-refractivity contribution in [1.29, 1.82) is 0 Å². The normalized spacial score (nSPS) is 16.7. The summed E-state index contributed by atoms with van der Waals surface area (Å²) in [5.41, 5.74) is 0.580. The van der Waals surface area contributed by atoms with Crippen LogP contribution in [0.4, 0.5) is 10.8 Å². The number of nitrogens with one attached hydrogen (secondary N) is 1. The maximum absolute atomic E-state index is 12.8. The topological polar surface area (TPSA) is 88.6 Å². The van der Waals surface area contributed by atoms with Crippen molar-refractivity contribution in [3.8, 4) is 5.75 Å². The number of hydrogen-bond donors (Lipinski definition) is 1. The van der Waals surface area contributed by atoms with Gasteiger partial charge < -0.3 is 9.64 Å². The minimum Gasteiger partial charge on any atom is -0.479 e. The molecule has 30 heavy (non-hydrogen) atoms. The largest absolute Gasteiger partial charge is 0.479 e. The Hall–Kier alpha value is -2.33. The van der Waals surface area contributed by atoms with Crippen LogP contribution in [0.3, 0.4) is 0 Å². The first-order chi connectivity index (χ1) is 14.3. The number of aromatic nitrogens is 1. The van der Waals surface area contributed by atoms with E-state index in [1.807, 2.05) is 0 Å². The van der Waals surface area contributed by atoms with Crippen LogP contribution in [0.15, 0.2) is 58.9 Å². The second-order valence-electron chi connectivity index (χ2n) is 6.37. The van der Waals surface area contributed by atoms with E-state index in [4.69, 9.17) is 27.9 Å². The molecule has 0 saturated carbocycles. The van der Waals surface area contributed by atoms with Gasteiger partial charge in [0.2, 0.25) is 0 Å². The van der Waals surface area contributed by atoms with Crippen LogP contribution in [0.1, 0.15) is 6.42 Å². The first-order valence-electron chi connectivity index (χ1n) is 8.79. The van der Waals surface area contributed by atoms with Crippen molar-refractivity contribution in [1.82, 2.24) is 4.98 Å². The van der Waals surface area contributed by atoms with Gasteiger partial charge in [0.05, 0.1) is 9.92 Å². The molecule has 1 fully saturated rings. The highest BCUT2D eigenvalue weighted by Gasteiger charge is 2.35. The second kappa shape index (κ2) is 8.43. The van der Waals surface area contributed by atoms with Crippen LogP contribution >= 0.6 is 34.5 Å². The fourth-order valence-electron chi connectivity index (χ4n) is 3.00. The molecule has 2 aromatic carbocycles. The van der Waals surface area contributed by atoms with Gasteiger partial charge in [-0.05, 0) is 36.4 Å². The molecule has 3 aromatic rings. The van der Waals surface area contributed by atoms with Gasteiger partial charge in [-0.3, -0.25) is 9.52 Å². The second-order valence-corrected chi connectivity index (χ2v) is 9.74. The number of benzene rings is 2. The summed E-state index contributed by atoms with van der Waals surface area (Å²) in [4.78, 5) is 18.3. The zero-order valence-electron chi connectivity index (χ0n) is 15.3. The Balaban J connectivity index is 1.47. The lowest BCUT2D eigenvalue weighted by molar-refractivity contribution is -0.122. The van der Waals surface area contributed by atoms with E-state index < -0.39 is 16.1 Å². The van der Waals surface area contributed by atoms with Gasteiger partial charge in [0, 0.05) is 30.2 Å². The number of ether oxygens (including phenoxy) is 1. The minimum atomic E-state index is -3.75. The number of carbonyl (C=O) groups excluding carboxylic acids is 1. The highest BCUT2D eigenvalue weighted by molar-refractivity contribution is 7.93. The lowest BCUT2D eigenvalue weighted by Crippen LogP contribution is -2.32. The number of amides is 1. The number of rotatable bonds is 6. The van der Waals surface area contributed by atoms with Crippen molar-refractivity contribution in [3.05, 3.63) is 64.1 Å². The van der Waals surface area contributed by atoms with Crippen LogP contribution in [-0.4, -0.2) is 32.0 Å². The number of carbonyl (C=O) groups is 1. The molecule has 0 unspecified atom stereocenters. The number of thiazole rings is 1. The summed E-state index contributed by atoms with van der Waals surface area (Å²) in [5, 5.41) is 2.57. The average Bonchev–Trinajstić information content (AvgIpc) is 3.35. The molecule has 0 spiro atoms. The van der Waals surface area contributed by atoms with Crippen LogP contribution in [0.25, 0.3) is 0 Å². The van der Waals surface area contributed by atoms with Crippen LogP contribution < -0.4 is 14.4 Å². The summed E-state index contributed by atoms with van der Waals surface area (Å²) in [5.74, 6) is 0.113. The Morgan fingerprint density at radius 2 is 1.93 bits per heavy atom. The van der Waals surface area contributed by atoms with E-state index in [0.717, 1.165) is 0 Å². The third kappa shape index (κ3) is 4.24. The monoisotopic (exact) mass is 483 g/mol. The van der Waals surface area contributed by atoms with Crippen LogP contribution in [-0.2, 0) is 14.8 Å². The smallest absolute Gasteiger partial charge is 0.268 e. The van der Waals surface area contributed by atoms with Gasteiger partial charge in [-0.1, -0.05) is 29.3 Å². The van der Waals surface area contributed by atoms with Crippen molar-refractivity contribution in [2.24, 2.45) is 0 Å². The molecule has 1 aliphatic heterocycles. The molecule has 0 bridgehead atoms. The standard InChI is InChI=1S/C19H15Cl2N3O4S2/c20-14-2-1-3-15(17(14)21)28-16-8-10-24(18(16)25)12-4-6-13(7-5-12)30(26,27)23-19-22-9-11-29-19/h1-7,9,11,16H,8,10H2,(H,22,23)/t16-/m1/s1. The zero-order chi connectivity index (χ0) is 21.3. The summed E-state index contributed by atoms with van der Waals surface area (Å²) < 4.78 is 33.1. The summed E-state index contributed by atoms with van der Waals surface area (Å²) in [6.45, 7) is 0.436. The Morgan fingerprint density at radius 3 is 2.63 bits per heavy atom. The van der Waals surface area contributed by atoms with Gasteiger partial charge >= 0.3 is 0 Å². The highest BCUT2D eigenvalue weighted by Crippen LogP contribution is 2.34. The number of anilines is 2. The Kier molecular flexibility index (Phi) is 5.88. The predicted octanol–water partition coefficient (Wildman–Crippen LogP) is 4.44. The first-order valence-corrected chi connectivity index (χ1v) is 11.9. The van der Waals surface area contributed by atoms with Crippen LogP contribution in [0, 0.1) is 0 Å². The van der Waals surface area contributed by atoms with Gasteiger partial charge in [-0.2, -0.15) is 0 Å². The van der Waals surface area contributed by atoms with E-state index in [1.165, 1.54) is 29.7 Å². The van der Waals surface area contributed by atoms with Gasteiger partial charge in [0.25, 0.3) is 15.9 Å². The maximum atomic E-state index is 12.8. The van der Waals surface area contributed by atoms with Gasteiger partial charge in [-0.25, -0.2) is 13.4 Å². The number of sulfonamides is 1. The first kappa shape index (κ1) is 20.9. The Bertz CT molecular complexity index is 1170. The molecular formula is C19H15Cl2N3O4S2. The molecular weight excluding hydrogens is 469 g/mol. The van der Waals surface area contributed by atoms with Crippen LogP contribution in [0.5, 0.6) is 5.75 Å². The lowest BCUT2D eigenvalue weighted by Gasteiger charge is -2.18. The molecule has 1 N–H and O–H groups in total. The maximum Gasteiger partial charge on any atom is 0.268 e. The van der Waals surface area contributed by atoms with Gasteiger partial charge in [-0.15, -0.1) is 11.3 Å². The quantitative estimate of drug-likeness (QED) is 0.559. The number of hydrogen-bond acceptors (Lipinski definition) is 6. The molecule has 1 aliphatic rings. The Morgan fingerprint density at radius 1 is 1.17 bits per heavy atom. The van der Waals surface area contributed by atoms with Crippen molar-refractivity contribution >= 4 is 61.3 Å². The highest BCUT2D eigenvalue weighted by atomic mass is 35.5. The molecule has 0 aliphatic carbocycles. The third-order valence-electron chi connectivity index (χ3n) is 4.45. The van der Waals surface area contributed by atoms with E-state index in [9.17, 15) is 13.2 Å². The molecule has 156 valence electrons. The van der Waals surface area contributed by atoms with E-state index in [2.05, 4.69) is 9.71 Å². The molecule has 11 heteroatoms. The van der Waals surface area contributed by atoms with Crippen LogP contribution in [0.2, 0.25) is 10.0 Å². The van der Waals surface area contributed by atoms with E-state index in [1.54, 1.807) is 40.6 Å². The van der Waals surface area contributed by atoms with Crippen molar-refractivity contribution < 1.29 is 17.9 Å². The summed E-state index contributed by atoms with van der Waals surface area (Å²) >= 11 is 13.3. The summed E-state index contributed by atoms with van der Waals surface area (Å²) in [7, 11) is -3.75. The molecule has 2 heterocycles. The molecule has 1 atom stereocenters.